The van der Waals surface area contributed by atoms with Crippen LogP contribution in [0.15, 0.2) is 40.9 Å². The van der Waals surface area contributed by atoms with Gasteiger partial charge in [0.15, 0.2) is 0 Å². The van der Waals surface area contributed by atoms with E-state index in [4.69, 9.17) is 5.73 Å². The van der Waals surface area contributed by atoms with Crippen molar-refractivity contribution in [3.63, 3.8) is 0 Å². The van der Waals surface area contributed by atoms with E-state index < -0.39 is 11.7 Å². The number of rotatable bonds is 2. The fourth-order valence-corrected chi connectivity index (χ4v) is 2.75. The molecule has 2 amide bonds. The van der Waals surface area contributed by atoms with Gasteiger partial charge in [-0.05, 0) is 45.8 Å². The summed E-state index contributed by atoms with van der Waals surface area (Å²) in [4.78, 5) is 25.7. The van der Waals surface area contributed by atoms with Gasteiger partial charge >= 0.3 is 0 Å². The van der Waals surface area contributed by atoms with E-state index in [1.165, 1.54) is 12.1 Å². The van der Waals surface area contributed by atoms with Crippen molar-refractivity contribution in [3.8, 4) is 0 Å². The van der Waals surface area contributed by atoms with Gasteiger partial charge in [-0.15, -0.1) is 0 Å². The van der Waals surface area contributed by atoms with Gasteiger partial charge in [-0.3, -0.25) is 14.5 Å². The predicted octanol–water partition coefficient (Wildman–Crippen LogP) is 2.97. The third-order valence-electron chi connectivity index (χ3n) is 3.36. The van der Waals surface area contributed by atoms with Gasteiger partial charge in [0, 0.05) is 5.69 Å². The number of imide groups is 1. The summed E-state index contributed by atoms with van der Waals surface area (Å²) < 4.78 is 13.5. The lowest BCUT2D eigenvalue weighted by Crippen LogP contribution is -2.29. The molecule has 0 aromatic heterocycles. The van der Waals surface area contributed by atoms with Crippen LogP contribution in [0.4, 0.5) is 10.1 Å². The number of hydrogen-bond acceptors (Lipinski definition) is 3. The van der Waals surface area contributed by atoms with Crippen LogP contribution in [0, 0.1) is 5.82 Å². The first kappa shape index (κ1) is 13.8. The minimum atomic E-state index is -0.423. The van der Waals surface area contributed by atoms with Crippen molar-refractivity contribution in [1.82, 2.24) is 4.90 Å². The van der Waals surface area contributed by atoms with Gasteiger partial charge in [-0.2, -0.15) is 0 Å². The highest BCUT2D eigenvalue weighted by Gasteiger charge is 2.36. The van der Waals surface area contributed by atoms with Crippen LogP contribution in [0.3, 0.4) is 0 Å². The lowest BCUT2D eigenvalue weighted by Gasteiger charge is -2.14. The smallest absolute Gasteiger partial charge is 0.263 e. The lowest BCUT2D eigenvalue weighted by atomic mass is 10.1. The standard InChI is InChI=1S/C15H10BrFN2O2/c16-10-6-8(4-5-11(10)17)7-19-14(20)9-2-1-3-12(18)13(9)15(19)21/h1-6H,7,18H2. The largest absolute Gasteiger partial charge is 0.398 e. The summed E-state index contributed by atoms with van der Waals surface area (Å²) in [6, 6.07) is 9.16. The maximum atomic E-state index is 13.2. The van der Waals surface area contributed by atoms with Gasteiger partial charge in [0.25, 0.3) is 11.8 Å². The molecule has 0 spiro atoms. The zero-order valence-electron chi connectivity index (χ0n) is 10.8. The summed E-state index contributed by atoms with van der Waals surface area (Å²) in [5.74, 6) is -1.21. The Balaban J connectivity index is 1.95. The van der Waals surface area contributed by atoms with Crippen molar-refractivity contribution in [2.24, 2.45) is 0 Å². The Kier molecular flexibility index (Phi) is 3.25. The number of nitrogens with zero attached hydrogens (tertiary/aromatic N) is 1. The third kappa shape index (κ3) is 2.21. The number of nitrogens with two attached hydrogens (primary N) is 1. The molecule has 0 aliphatic carbocycles. The summed E-state index contributed by atoms with van der Waals surface area (Å²) in [5.41, 5.74) is 7.25. The molecule has 1 aliphatic heterocycles. The number of nitrogen functional groups attached to an aromatic ring is 1. The molecule has 0 atom stereocenters. The van der Waals surface area contributed by atoms with Crippen LogP contribution in [0.2, 0.25) is 0 Å². The van der Waals surface area contributed by atoms with Crippen LogP contribution < -0.4 is 5.73 Å². The number of anilines is 1. The minimum Gasteiger partial charge on any atom is -0.398 e. The molecule has 0 radical (unpaired) electrons. The van der Waals surface area contributed by atoms with Gasteiger partial charge < -0.3 is 5.73 Å². The highest BCUT2D eigenvalue weighted by atomic mass is 79.9. The minimum absolute atomic E-state index is 0.0741. The molecule has 0 unspecified atom stereocenters. The maximum absolute atomic E-state index is 13.2. The summed E-state index contributed by atoms with van der Waals surface area (Å²) in [5, 5.41) is 0. The molecule has 106 valence electrons. The number of hydrogen-bond donors (Lipinski definition) is 1. The van der Waals surface area contributed by atoms with Crippen LogP contribution in [0.25, 0.3) is 0 Å². The van der Waals surface area contributed by atoms with Gasteiger partial charge in [0.2, 0.25) is 0 Å². The van der Waals surface area contributed by atoms with E-state index in [1.54, 1.807) is 24.3 Å². The van der Waals surface area contributed by atoms with Gasteiger partial charge in [-0.1, -0.05) is 12.1 Å². The molecule has 2 aromatic rings. The van der Waals surface area contributed by atoms with Crippen molar-refractivity contribution in [1.29, 1.82) is 0 Å². The number of benzene rings is 2. The molecule has 1 heterocycles. The lowest BCUT2D eigenvalue weighted by molar-refractivity contribution is 0.0642. The molecule has 3 rings (SSSR count). The zero-order chi connectivity index (χ0) is 15.1. The molecule has 4 nitrogen and oxygen atoms in total. The molecule has 0 bridgehead atoms. The summed E-state index contributed by atoms with van der Waals surface area (Å²) in [6.07, 6.45) is 0. The predicted molar refractivity (Wildman–Crippen MR) is 79.2 cm³/mol. The average Bonchev–Trinajstić information content (AvgIpc) is 2.69. The van der Waals surface area contributed by atoms with Crippen molar-refractivity contribution in [2.45, 2.75) is 6.54 Å². The number of carbonyl (C=O) groups excluding carboxylic acids is 2. The Bertz CT molecular complexity index is 776. The van der Waals surface area contributed by atoms with Crippen LogP contribution in [-0.4, -0.2) is 16.7 Å². The third-order valence-corrected chi connectivity index (χ3v) is 3.96. The highest BCUT2D eigenvalue weighted by Crippen LogP contribution is 2.29. The van der Waals surface area contributed by atoms with Gasteiger partial charge in [0.05, 0.1) is 22.1 Å². The van der Waals surface area contributed by atoms with Crippen LogP contribution in [-0.2, 0) is 6.54 Å². The number of fused-ring (bicyclic) bond motifs is 1. The monoisotopic (exact) mass is 348 g/mol. The Morgan fingerprint density at radius 3 is 2.57 bits per heavy atom. The van der Waals surface area contributed by atoms with E-state index in [0.717, 1.165) is 4.90 Å². The van der Waals surface area contributed by atoms with E-state index in [0.29, 0.717) is 11.1 Å². The number of carbonyl (C=O) groups is 2. The molecule has 2 N–H and O–H groups in total. The first-order chi connectivity index (χ1) is 9.99. The van der Waals surface area contributed by atoms with Gasteiger partial charge in [-0.25, -0.2) is 4.39 Å². The summed E-state index contributed by atoms with van der Waals surface area (Å²) >= 11 is 3.08. The molecule has 0 saturated heterocycles. The Morgan fingerprint density at radius 1 is 1.14 bits per heavy atom. The molecule has 6 heteroatoms. The normalized spacial score (nSPS) is 13.7. The van der Waals surface area contributed by atoms with E-state index in [1.807, 2.05) is 0 Å². The fourth-order valence-electron chi connectivity index (χ4n) is 2.32. The molecular weight excluding hydrogens is 339 g/mol. The SMILES string of the molecule is Nc1cccc2c1C(=O)N(Cc1ccc(F)c(Br)c1)C2=O. The second-order valence-electron chi connectivity index (χ2n) is 4.71. The van der Waals surface area contributed by atoms with E-state index in [-0.39, 0.29) is 28.2 Å². The van der Waals surface area contributed by atoms with Crippen LogP contribution in [0.1, 0.15) is 26.3 Å². The average molecular weight is 349 g/mol. The van der Waals surface area contributed by atoms with Crippen LogP contribution >= 0.6 is 15.9 Å². The molecule has 21 heavy (non-hydrogen) atoms. The Hall–Kier alpha value is -2.21. The molecular formula is C15H10BrFN2O2. The van der Waals surface area contributed by atoms with Crippen molar-refractivity contribution >= 4 is 33.4 Å². The van der Waals surface area contributed by atoms with Crippen molar-refractivity contribution in [2.75, 3.05) is 5.73 Å². The first-order valence-corrected chi connectivity index (χ1v) is 6.97. The van der Waals surface area contributed by atoms with Crippen molar-refractivity contribution in [3.05, 3.63) is 63.4 Å². The number of halogens is 2. The zero-order valence-corrected chi connectivity index (χ0v) is 12.4. The Labute approximate surface area is 128 Å². The topological polar surface area (TPSA) is 63.4 Å². The molecule has 0 fully saturated rings. The summed E-state index contributed by atoms with van der Waals surface area (Å²) in [7, 11) is 0. The first-order valence-electron chi connectivity index (χ1n) is 6.17. The van der Waals surface area contributed by atoms with E-state index in [2.05, 4.69) is 15.9 Å². The van der Waals surface area contributed by atoms with E-state index >= 15 is 0 Å². The Morgan fingerprint density at radius 2 is 1.90 bits per heavy atom. The number of amides is 2. The maximum Gasteiger partial charge on any atom is 0.263 e. The van der Waals surface area contributed by atoms with Crippen molar-refractivity contribution < 1.29 is 14.0 Å². The fraction of sp³-hybridized carbons (Fsp3) is 0.0667. The molecule has 0 saturated carbocycles. The second-order valence-corrected chi connectivity index (χ2v) is 5.57. The quantitative estimate of drug-likeness (QED) is 0.670. The highest BCUT2D eigenvalue weighted by molar-refractivity contribution is 9.10. The molecule has 1 aliphatic rings. The van der Waals surface area contributed by atoms with Crippen LogP contribution in [0.5, 0.6) is 0 Å². The molecule has 2 aromatic carbocycles. The van der Waals surface area contributed by atoms with Gasteiger partial charge in [0.1, 0.15) is 5.82 Å². The van der Waals surface area contributed by atoms with E-state index in [9.17, 15) is 14.0 Å². The summed E-state index contributed by atoms with van der Waals surface area (Å²) in [6.45, 7) is 0.0741. The second kappa shape index (κ2) is 4.96.